The number of benzene rings is 1. The minimum atomic E-state index is -0.444. The number of H-pyrrole nitrogens is 1. The van der Waals surface area contributed by atoms with Crippen molar-refractivity contribution in [3.05, 3.63) is 42.3 Å². The first kappa shape index (κ1) is 16.7. The van der Waals surface area contributed by atoms with Gasteiger partial charge < -0.3 is 14.0 Å². The van der Waals surface area contributed by atoms with E-state index in [1.54, 1.807) is 6.08 Å². The van der Waals surface area contributed by atoms with Gasteiger partial charge in [-0.3, -0.25) is 0 Å². The highest BCUT2D eigenvalue weighted by Crippen LogP contribution is 2.35. The standard InChI is InChI=1S/C16H18INO4/c1-5-20-14-8-11(6-12-10(4)18-22-16(12)19)7-13(17)15(14)21-9(2)3/h6-9,18H,4-5H2,1-3H3/b12-6+. The molecule has 0 unspecified atom stereocenters. The van der Waals surface area contributed by atoms with Crippen LogP contribution in [0, 0.1) is 3.57 Å². The third-order valence-corrected chi connectivity index (χ3v) is 3.61. The summed E-state index contributed by atoms with van der Waals surface area (Å²) in [6, 6.07) is 3.77. The highest BCUT2D eigenvalue weighted by molar-refractivity contribution is 14.1. The lowest BCUT2D eigenvalue weighted by atomic mass is 10.1. The fourth-order valence-electron chi connectivity index (χ4n) is 1.94. The summed E-state index contributed by atoms with van der Waals surface area (Å²) in [5.74, 6) is 1.37. The molecule has 2 aromatic rings. The smallest absolute Gasteiger partial charge is 0.365 e. The second-order valence-electron chi connectivity index (χ2n) is 4.96. The van der Waals surface area contributed by atoms with Crippen molar-refractivity contribution < 1.29 is 14.0 Å². The molecule has 0 atom stereocenters. The van der Waals surface area contributed by atoms with Crippen molar-refractivity contribution in [3.8, 4) is 11.5 Å². The summed E-state index contributed by atoms with van der Waals surface area (Å²) in [5, 5.41) is 3.31. The van der Waals surface area contributed by atoms with E-state index in [-0.39, 0.29) is 6.10 Å². The van der Waals surface area contributed by atoms with Gasteiger partial charge in [0.15, 0.2) is 11.5 Å². The number of rotatable bonds is 5. The lowest BCUT2D eigenvalue weighted by Gasteiger charge is -2.16. The average molecular weight is 415 g/mol. The molecule has 1 aromatic carbocycles. The Balaban J connectivity index is 2.58. The van der Waals surface area contributed by atoms with E-state index in [0.29, 0.717) is 28.7 Å². The van der Waals surface area contributed by atoms with Gasteiger partial charge >= 0.3 is 5.63 Å². The molecule has 0 saturated carbocycles. The second-order valence-corrected chi connectivity index (χ2v) is 6.12. The van der Waals surface area contributed by atoms with Crippen LogP contribution in [0.4, 0.5) is 0 Å². The second kappa shape index (κ2) is 7.04. The summed E-state index contributed by atoms with van der Waals surface area (Å²) in [6.07, 6.45) is 1.76. The molecule has 0 aliphatic rings. The molecular formula is C16H18INO4. The molecule has 0 spiro atoms. The minimum absolute atomic E-state index is 0.0470. The number of aromatic amines is 1. The van der Waals surface area contributed by atoms with Crippen LogP contribution in [-0.4, -0.2) is 17.9 Å². The Hall–Kier alpha value is -1.70. The summed E-state index contributed by atoms with van der Waals surface area (Å²) in [7, 11) is 0. The van der Waals surface area contributed by atoms with E-state index in [4.69, 9.17) is 14.0 Å². The SMILES string of the molecule is C=c1[nH]oc(=O)/c1=C/c1cc(I)c(OC(C)C)c(OCC)c1. The Labute approximate surface area is 141 Å². The average Bonchev–Trinajstić information content (AvgIpc) is 2.74. The van der Waals surface area contributed by atoms with Crippen LogP contribution in [0.25, 0.3) is 12.7 Å². The third-order valence-electron chi connectivity index (χ3n) is 2.81. The predicted octanol–water partition coefficient (Wildman–Crippen LogP) is 2.00. The highest BCUT2D eigenvalue weighted by atomic mass is 127. The number of hydrogen-bond donors (Lipinski definition) is 1. The van der Waals surface area contributed by atoms with Gasteiger partial charge in [0.05, 0.1) is 26.8 Å². The van der Waals surface area contributed by atoms with Gasteiger partial charge in [-0.05, 0) is 67.1 Å². The third kappa shape index (κ3) is 3.73. The number of hydrogen-bond acceptors (Lipinski definition) is 4. The van der Waals surface area contributed by atoms with Gasteiger partial charge in [0.2, 0.25) is 0 Å². The quantitative estimate of drug-likeness (QED) is 0.759. The lowest BCUT2D eigenvalue weighted by molar-refractivity contribution is 0.222. The largest absolute Gasteiger partial charge is 0.490 e. The zero-order chi connectivity index (χ0) is 16.3. The molecule has 118 valence electrons. The zero-order valence-electron chi connectivity index (χ0n) is 12.7. The topological polar surface area (TPSA) is 64.5 Å². The van der Waals surface area contributed by atoms with E-state index in [1.165, 1.54) is 0 Å². The Bertz CT molecular complexity index is 789. The Morgan fingerprint density at radius 2 is 2.18 bits per heavy atom. The van der Waals surface area contributed by atoms with Gasteiger partial charge in [0.25, 0.3) is 0 Å². The Morgan fingerprint density at radius 1 is 1.45 bits per heavy atom. The first-order chi connectivity index (χ1) is 10.4. The van der Waals surface area contributed by atoms with Crippen LogP contribution in [-0.2, 0) is 0 Å². The predicted molar refractivity (Wildman–Crippen MR) is 93.8 cm³/mol. The molecule has 6 heteroatoms. The van der Waals surface area contributed by atoms with Crippen LogP contribution >= 0.6 is 22.6 Å². The number of nitrogens with one attached hydrogen (secondary N) is 1. The molecule has 22 heavy (non-hydrogen) atoms. The molecule has 0 aliphatic heterocycles. The molecule has 5 nitrogen and oxygen atoms in total. The molecule has 1 aromatic heterocycles. The number of halogens is 1. The van der Waals surface area contributed by atoms with E-state index < -0.39 is 5.63 Å². The summed E-state index contributed by atoms with van der Waals surface area (Å²) >= 11 is 2.19. The lowest BCUT2D eigenvalue weighted by Crippen LogP contribution is -2.31. The molecule has 0 aliphatic carbocycles. The van der Waals surface area contributed by atoms with Crippen molar-refractivity contribution in [2.45, 2.75) is 26.9 Å². The van der Waals surface area contributed by atoms with Crippen LogP contribution in [0.2, 0.25) is 0 Å². The van der Waals surface area contributed by atoms with Crippen molar-refractivity contribution in [1.82, 2.24) is 5.16 Å². The zero-order valence-corrected chi connectivity index (χ0v) is 14.9. The molecule has 0 radical (unpaired) electrons. The van der Waals surface area contributed by atoms with E-state index >= 15 is 0 Å². The Kier molecular flexibility index (Phi) is 5.33. The Morgan fingerprint density at radius 3 is 2.73 bits per heavy atom. The summed E-state index contributed by atoms with van der Waals surface area (Å²) in [6.45, 7) is 10.1. The maximum Gasteiger partial charge on any atom is 0.365 e. The highest BCUT2D eigenvalue weighted by Gasteiger charge is 2.13. The molecule has 2 rings (SSSR count). The summed E-state index contributed by atoms with van der Waals surface area (Å²) in [5.41, 5.74) is 0.376. The van der Waals surface area contributed by atoms with Gasteiger partial charge in [-0.2, -0.15) is 0 Å². The normalized spacial score (nSPS) is 12.0. The van der Waals surface area contributed by atoms with E-state index in [1.807, 2.05) is 32.9 Å². The van der Waals surface area contributed by atoms with E-state index in [9.17, 15) is 4.79 Å². The molecular weight excluding hydrogens is 397 g/mol. The maximum absolute atomic E-state index is 11.6. The van der Waals surface area contributed by atoms with E-state index in [0.717, 1.165) is 9.13 Å². The van der Waals surface area contributed by atoms with Gasteiger partial charge in [-0.1, -0.05) is 6.58 Å². The summed E-state index contributed by atoms with van der Waals surface area (Å²) < 4.78 is 17.1. The summed E-state index contributed by atoms with van der Waals surface area (Å²) in [4.78, 5) is 11.6. The van der Waals surface area contributed by atoms with Crippen molar-refractivity contribution in [2.75, 3.05) is 6.61 Å². The molecule has 1 heterocycles. The van der Waals surface area contributed by atoms with Crippen molar-refractivity contribution >= 4 is 35.2 Å². The first-order valence-corrected chi connectivity index (χ1v) is 8.01. The molecule has 0 fully saturated rings. The van der Waals surface area contributed by atoms with Gasteiger partial charge in [0.1, 0.15) is 0 Å². The van der Waals surface area contributed by atoms with Crippen LogP contribution < -0.4 is 25.7 Å². The van der Waals surface area contributed by atoms with Crippen LogP contribution in [0.5, 0.6) is 11.5 Å². The van der Waals surface area contributed by atoms with Crippen molar-refractivity contribution in [1.29, 1.82) is 0 Å². The van der Waals surface area contributed by atoms with Gasteiger partial charge in [-0.25, -0.2) is 9.95 Å². The molecule has 0 bridgehead atoms. The number of ether oxygens (including phenoxy) is 2. The number of aromatic nitrogens is 1. The van der Waals surface area contributed by atoms with E-state index in [2.05, 4.69) is 34.3 Å². The van der Waals surface area contributed by atoms with Crippen LogP contribution in [0.15, 0.2) is 21.5 Å². The van der Waals surface area contributed by atoms with Crippen molar-refractivity contribution in [3.63, 3.8) is 0 Å². The first-order valence-electron chi connectivity index (χ1n) is 6.93. The van der Waals surface area contributed by atoms with Gasteiger partial charge in [-0.15, -0.1) is 0 Å². The minimum Gasteiger partial charge on any atom is -0.490 e. The van der Waals surface area contributed by atoms with Gasteiger partial charge in [0, 0.05) is 0 Å². The van der Waals surface area contributed by atoms with Crippen molar-refractivity contribution in [2.24, 2.45) is 0 Å². The fourth-order valence-corrected chi connectivity index (χ4v) is 2.69. The monoisotopic (exact) mass is 415 g/mol. The molecule has 0 saturated heterocycles. The van der Waals surface area contributed by atoms with Crippen LogP contribution in [0.3, 0.4) is 0 Å². The van der Waals surface area contributed by atoms with Crippen LogP contribution in [0.1, 0.15) is 26.3 Å². The maximum atomic E-state index is 11.6. The molecule has 0 amide bonds. The fraction of sp³-hybridized carbons (Fsp3) is 0.312. The molecule has 1 N–H and O–H groups in total.